The molecule has 0 aliphatic carbocycles. The average molecular weight is 619 g/mol. The lowest BCUT2D eigenvalue weighted by molar-refractivity contribution is -0.116. The number of carbonyl (C=O) groups excluding carboxylic acids is 1. The number of aromatic nitrogens is 4. The Morgan fingerprint density at radius 3 is 2.50 bits per heavy atom. The molecular formula is C24H24BrN7O4S2. The number of thiophene rings is 1. The molecule has 4 heterocycles. The minimum atomic E-state index is -3.99. The molecule has 1 N–H and O–H groups in total. The number of hydrogen-bond acceptors (Lipinski definition) is 9. The predicted molar refractivity (Wildman–Crippen MR) is 149 cm³/mol. The Kier molecular flexibility index (Phi) is 7.31. The first-order chi connectivity index (χ1) is 18.1. The van der Waals surface area contributed by atoms with E-state index in [4.69, 9.17) is 0 Å². The number of carbonyl (C=O) groups is 1. The van der Waals surface area contributed by atoms with E-state index in [1.807, 2.05) is 24.0 Å². The van der Waals surface area contributed by atoms with Crippen molar-refractivity contribution < 1.29 is 13.2 Å². The van der Waals surface area contributed by atoms with Crippen molar-refractivity contribution >= 4 is 65.0 Å². The lowest BCUT2D eigenvalue weighted by atomic mass is 10.2. The van der Waals surface area contributed by atoms with Crippen molar-refractivity contribution in [1.82, 2.24) is 23.8 Å². The van der Waals surface area contributed by atoms with Crippen molar-refractivity contribution in [3.63, 3.8) is 0 Å². The monoisotopic (exact) mass is 617 g/mol. The summed E-state index contributed by atoms with van der Waals surface area (Å²) in [7, 11) is -3.99. The van der Waals surface area contributed by atoms with E-state index in [2.05, 4.69) is 36.2 Å². The molecule has 1 saturated heterocycles. The fourth-order valence-corrected chi connectivity index (χ4v) is 8.00. The Balaban J connectivity index is 1.40. The van der Waals surface area contributed by atoms with Gasteiger partial charge in [-0.2, -0.15) is 4.31 Å². The van der Waals surface area contributed by atoms with Gasteiger partial charge in [0.25, 0.3) is 5.56 Å². The van der Waals surface area contributed by atoms with Crippen LogP contribution in [0.5, 0.6) is 0 Å². The van der Waals surface area contributed by atoms with Crippen LogP contribution in [0.2, 0.25) is 0 Å². The number of fused-ring (bicyclic) bond motifs is 1. The maximum atomic E-state index is 13.7. The number of benzene rings is 1. The zero-order chi connectivity index (χ0) is 27.0. The van der Waals surface area contributed by atoms with Crippen LogP contribution in [0, 0.1) is 13.8 Å². The van der Waals surface area contributed by atoms with Crippen LogP contribution < -0.4 is 15.8 Å². The number of halogens is 1. The van der Waals surface area contributed by atoms with Crippen molar-refractivity contribution in [2.24, 2.45) is 0 Å². The average Bonchev–Trinajstić information content (AvgIpc) is 3.25. The first-order valence-electron chi connectivity index (χ1n) is 11.7. The molecule has 11 nitrogen and oxygen atoms in total. The smallest absolute Gasteiger partial charge is 0.263 e. The summed E-state index contributed by atoms with van der Waals surface area (Å²) in [6.45, 7) is 4.57. The molecule has 14 heteroatoms. The normalized spacial score (nSPS) is 14.7. The lowest BCUT2D eigenvalue weighted by Gasteiger charge is -2.33. The number of rotatable bonds is 6. The zero-order valence-electron chi connectivity index (χ0n) is 20.6. The van der Waals surface area contributed by atoms with E-state index in [1.165, 1.54) is 10.6 Å². The molecule has 4 aromatic rings. The highest BCUT2D eigenvalue weighted by Gasteiger charge is 2.34. The van der Waals surface area contributed by atoms with Gasteiger partial charge >= 0.3 is 0 Å². The second-order valence-corrected chi connectivity index (χ2v) is 12.7. The summed E-state index contributed by atoms with van der Waals surface area (Å²) in [6.07, 6.45) is 4.56. The summed E-state index contributed by atoms with van der Waals surface area (Å²) < 4.78 is 30.7. The molecule has 3 aromatic heterocycles. The zero-order valence-corrected chi connectivity index (χ0v) is 23.8. The molecule has 0 atom stereocenters. The fourth-order valence-electron chi connectivity index (χ4n) is 4.31. The lowest BCUT2D eigenvalue weighted by Crippen LogP contribution is -2.49. The van der Waals surface area contributed by atoms with Gasteiger partial charge in [-0.3, -0.25) is 14.2 Å². The van der Waals surface area contributed by atoms with Gasteiger partial charge in [0.05, 0.1) is 17.4 Å². The van der Waals surface area contributed by atoms with E-state index >= 15 is 0 Å². The van der Waals surface area contributed by atoms with Crippen molar-refractivity contribution in [3.05, 3.63) is 68.3 Å². The van der Waals surface area contributed by atoms with Gasteiger partial charge in [-0.05, 0) is 53.5 Å². The quantitative estimate of drug-likeness (QED) is 0.349. The highest BCUT2D eigenvalue weighted by Crippen LogP contribution is 2.33. The molecule has 1 aliphatic heterocycles. The molecule has 0 saturated carbocycles. The molecule has 0 radical (unpaired) electrons. The van der Waals surface area contributed by atoms with Gasteiger partial charge in [0, 0.05) is 47.9 Å². The standard InChI is InChI=1S/C24H24BrN7O4S2/c1-15-4-5-18(17(25)12-15)29-19(33)13-31-14-28-22-20(23(31)34)21(16(2)37-22)38(35,36)32-10-8-30(9-11-32)24-26-6-3-7-27-24/h3-7,12,14H,8-11,13H2,1-2H3,(H,29,33). The number of anilines is 2. The van der Waals surface area contributed by atoms with E-state index in [0.717, 1.165) is 21.5 Å². The van der Waals surface area contributed by atoms with Gasteiger partial charge in [-0.25, -0.2) is 23.4 Å². The first-order valence-corrected chi connectivity index (χ1v) is 14.8. The van der Waals surface area contributed by atoms with Gasteiger partial charge in [0.2, 0.25) is 21.9 Å². The van der Waals surface area contributed by atoms with Crippen LogP contribution in [0.15, 0.2) is 57.1 Å². The number of nitrogens with one attached hydrogen (secondary N) is 1. The molecule has 38 heavy (non-hydrogen) atoms. The molecule has 1 aliphatic rings. The van der Waals surface area contributed by atoms with Crippen LogP contribution in [0.25, 0.3) is 10.2 Å². The van der Waals surface area contributed by atoms with Crippen molar-refractivity contribution in [1.29, 1.82) is 0 Å². The van der Waals surface area contributed by atoms with Gasteiger partial charge in [0.15, 0.2) is 0 Å². The van der Waals surface area contributed by atoms with E-state index in [9.17, 15) is 18.0 Å². The SMILES string of the molecule is Cc1ccc(NC(=O)Cn2cnc3sc(C)c(S(=O)(=O)N4CCN(c5ncccn5)CC4)c3c2=O)c(Br)c1. The van der Waals surface area contributed by atoms with Crippen LogP contribution in [0.1, 0.15) is 10.4 Å². The number of sulfonamides is 1. The van der Waals surface area contributed by atoms with Gasteiger partial charge in [0.1, 0.15) is 16.3 Å². The molecule has 1 amide bonds. The number of piperazine rings is 1. The van der Waals surface area contributed by atoms with Crippen molar-refractivity contribution in [2.75, 3.05) is 36.4 Å². The Bertz CT molecular complexity index is 1680. The third kappa shape index (κ3) is 5.08. The predicted octanol–water partition coefficient (Wildman–Crippen LogP) is 2.78. The summed E-state index contributed by atoms with van der Waals surface area (Å²) >= 11 is 4.57. The summed E-state index contributed by atoms with van der Waals surface area (Å²) in [4.78, 5) is 41.6. The Morgan fingerprint density at radius 2 is 1.82 bits per heavy atom. The number of amides is 1. The third-order valence-corrected chi connectivity index (χ3v) is 10.1. The van der Waals surface area contributed by atoms with Crippen molar-refractivity contribution in [3.8, 4) is 0 Å². The van der Waals surface area contributed by atoms with E-state index < -0.39 is 21.5 Å². The third-order valence-electron chi connectivity index (χ3n) is 6.18. The molecule has 1 fully saturated rings. The second kappa shape index (κ2) is 10.5. The number of aryl methyl sites for hydroxylation is 2. The summed E-state index contributed by atoms with van der Waals surface area (Å²) in [5, 5.41) is 2.78. The van der Waals surface area contributed by atoms with Crippen LogP contribution in [-0.4, -0.2) is 64.3 Å². The van der Waals surface area contributed by atoms with Crippen LogP contribution in [0.3, 0.4) is 0 Å². The van der Waals surface area contributed by atoms with Gasteiger partial charge < -0.3 is 10.2 Å². The minimum Gasteiger partial charge on any atom is -0.338 e. The van der Waals surface area contributed by atoms with Crippen molar-refractivity contribution in [2.45, 2.75) is 25.3 Å². The fraction of sp³-hybridized carbons (Fsp3) is 0.292. The maximum absolute atomic E-state index is 13.7. The van der Waals surface area contributed by atoms with E-state index in [0.29, 0.717) is 38.9 Å². The van der Waals surface area contributed by atoms with E-state index in [1.54, 1.807) is 31.5 Å². The molecular weight excluding hydrogens is 594 g/mol. The van der Waals surface area contributed by atoms with Crippen LogP contribution >= 0.6 is 27.3 Å². The largest absolute Gasteiger partial charge is 0.338 e. The number of nitrogens with zero attached hydrogens (tertiary/aromatic N) is 6. The molecule has 0 unspecified atom stereocenters. The Labute approximate surface area is 231 Å². The molecule has 5 rings (SSSR count). The summed E-state index contributed by atoms with van der Waals surface area (Å²) in [6, 6.07) is 7.21. The second-order valence-electron chi connectivity index (χ2n) is 8.82. The first kappa shape index (κ1) is 26.4. The van der Waals surface area contributed by atoms with Gasteiger partial charge in [-0.1, -0.05) is 6.07 Å². The van der Waals surface area contributed by atoms with E-state index in [-0.39, 0.29) is 29.9 Å². The highest BCUT2D eigenvalue weighted by atomic mass is 79.9. The maximum Gasteiger partial charge on any atom is 0.263 e. The van der Waals surface area contributed by atoms with Crippen LogP contribution in [0.4, 0.5) is 11.6 Å². The highest BCUT2D eigenvalue weighted by molar-refractivity contribution is 9.10. The molecule has 0 spiro atoms. The minimum absolute atomic E-state index is 0.00754. The van der Waals surface area contributed by atoms with Crippen LogP contribution in [-0.2, 0) is 21.4 Å². The number of hydrogen-bond donors (Lipinski definition) is 1. The Hall–Kier alpha value is -3.20. The topological polar surface area (TPSA) is 130 Å². The molecule has 0 bridgehead atoms. The van der Waals surface area contributed by atoms with Gasteiger partial charge in [-0.15, -0.1) is 11.3 Å². The molecule has 1 aromatic carbocycles. The Morgan fingerprint density at radius 1 is 1.11 bits per heavy atom. The summed E-state index contributed by atoms with van der Waals surface area (Å²) in [5.74, 6) is 0.109. The molecule has 198 valence electrons. The summed E-state index contributed by atoms with van der Waals surface area (Å²) in [5.41, 5.74) is 1.02.